The van der Waals surface area contributed by atoms with Gasteiger partial charge in [0.05, 0.1) is 0 Å². The fourth-order valence-corrected chi connectivity index (χ4v) is 2.70. The maximum Gasteiger partial charge on any atom is 0.0218 e. The molecule has 1 rings (SSSR count). The minimum absolute atomic E-state index is 0.576. The minimum Gasteiger partial charge on any atom is -0.316 e. The van der Waals surface area contributed by atoms with Crippen LogP contribution in [0.5, 0.6) is 0 Å². The van der Waals surface area contributed by atoms with Gasteiger partial charge in [-0.2, -0.15) is 0 Å². The number of hydrogen-bond donors (Lipinski definition) is 1. The van der Waals surface area contributed by atoms with E-state index >= 15 is 0 Å². The van der Waals surface area contributed by atoms with Crippen LogP contribution in [0, 0.1) is 5.92 Å². The summed E-state index contributed by atoms with van der Waals surface area (Å²) in [5.74, 6) is 0.920. The molecule has 0 aliphatic heterocycles. The summed E-state index contributed by atoms with van der Waals surface area (Å²) in [5.41, 5.74) is 0. The molecule has 0 aromatic heterocycles. The van der Waals surface area contributed by atoms with Gasteiger partial charge in [0.25, 0.3) is 0 Å². The quantitative estimate of drug-likeness (QED) is 0.770. The second-order valence-electron chi connectivity index (χ2n) is 5.41. The molecule has 4 atom stereocenters. The molecule has 2 heteroatoms. The Bertz CT molecular complexity index is 181. The van der Waals surface area contributed by atoms with Crippen molar-refractivity contribution in [3.63, 3.8) is 0 Å². The molecule has 0 aromatic carbocycles. The number of hydrogen-bond acceptors (Lipinski definition) is 2. The molecule has 4 unspecified atom stereocenters. The van der Waals surface area contributed by atoms with Gasteiger partial charge in [-0.25, -0.2) is 0 Å². The average molecular weight is 212 g/mol. The van der Waals surface area contributed by atoms with Crippen molar-refractivity contribution in [1.29, 1.82) is 0 Å². The molecule has 90 valence electrons. The summed E-state index contributed by atoms with van der Waals surface area (Å²) < 4.78 is 0. The first kappa shape index (κ1) is 13.0. The molecule has 0 amide bonds. The molecule has 0 radical (unpaired) electrons. The van der Waals surface area contributed by atoms with Crippen LogP contribution in [0.15, 0.2) is 0 Å². The minimum atomic E-state index is 0.576. The van der Waals surface area contributed by atoms with Gasteiger partial charge in [0.15, 0.2) is 0 Å². The Hall–Kier alpha value is -0.0800. The van der Waals surface area contributed by atoms with E-state index in [2.05, 4.69) is 45.1 Å². The normalized spacial score (nSPS) is 31.6. The van der Waals surface area contributed by atoms with Crippen LogP contribution in [0.1, 0.15) is 46.5 Å². The number of rotatable bonds is 4. The van der Waals surface area contributed by atoms with Crippen LogP contribution >= 0.6 is 0 Å². The number of nitrogens with zero attached hydrogens (tertiary/aromatic N) is 1. The summed E-state index contributed by atoms with van der Waals surface area (Å²) in [4.78, 5) is 2.58. The first-order chi connectivity index (χ1) is 7.06. The molecule has 1 aliphatic rings. The zero-order valence-corrected chi connectivity index (χ0v) is 11.1. The van der Waals surface area contributed by atoms with Crippen molar-refractivity contribution in [2.75, 3.05) is 14.1 Å². The molecule has 1 fully saturated rings. The van der Waals surface area contributed by atoms with Crippen molar-refractivity contribution in [2.24, 2.45) is 5.92 Å². The van der Waals surface area contributed by atoms with Crippen LogP contribution in [0.3, 0.4) is 0 Å². The third-order valence-corrected chi connectivity index (χ3v) is 4.31. The van der Waals surface area contributed by atoms with Crippen LogP contribution in [-0.2, 0) is 0 Å². The Kier molecular flexibility index (Phi) is 5.07. The molecule has 1 N–H and O–H groups in total. The van der Waals surface area contributed by atoms with Gasteiger partial charge in [0.2, 0.25) is 0 Å². The van der Waals surface area contributed by atoms with E-state index in [-0.39, 0.29) is 0 Å². The molecule has 2 nitrogen and oxygen atoms in total. The van der Waals surface area contributed by atoms with Gasteiger partial charge in [-0.3, -0.25) is 4.90 Å². The summed E-state index contributed by atoms with van der Waals surface area (Å²) in [6.07, 6.45) is 5.62. The van der Waals surface area contributed by atoms with Gasteiger partial charge in [0.1, 0.15) is 0 Å². The highest BCUT2D eigenvalue weighted by atomic mass is 15.2. The van der Waals surface area contributed by atoms with E-state index in [9.17, 15) is 0 Å². The van der Waals surface area contributed by atoms with E-state index in [1.165, 1.54) is 25.7 Å². The second-order valence-corrected chi connectivity index (χ2v) is 5.41. The summed E-state index contributed by atoms with van der Waals surface area (Å²) in [5, 5.41) is 3.35. The van der Waals surface area contributed by atoms with Gasteiger partial charge in [-0.15, -0.1) is 0 Å². The van der Waals surface area contributed by atoms with Gasteiger partial charge in [-0.05, 0) is 46.7 Å². The van der Waals surface area contributed by atoms with E-state index in [4.69, 9.17) is 0 Å². The van der Waals surface area contributed by atoms with Crippen LogP contribution in [0.2, 0.25) is 0 Å². The lowest BCUT2D eigenvalue weighted by Crippen LogP contribution is -2.49. The maximum atomic E-state index is 3.35. The molecule has 0 saturated heterocycles. The SMILES string of the molecule is CNC(C)C(C)N(C)C1CCCC(C)C1. The highest BCUT2D eigenvalue weighted by Crippen LogP contribution is 2.27. The van der Waals surface area contributed by atoms with Crippen LogP contribution in [0.4, 0.5) is 0 Å². The first-order valence-electron chi connectivity index (χ1n) is 6.45. The van der Waals surface area contributed by atoms with Gasteiger partial charge < -0.3 is 5.32 Å². The fraction of sp³-hybridized carbons (Fsp3) is 1.00. The van der Waals surface area contributed by atoms with E-state index in [1.54, 1.807) is 0 Å². The zero-order chi connectivity index (χ0) is 11.4. The standard InChI is InChI=1S/C13H28N2/c1-10-7-6-8-13(9-10)15(5)12(3)11(2)14-4/h10-14H,6-9H2,1-5H3. The summed E-state index contributed by atoms with van der Waals surface area (Å²) >= 11 is 0. The van der Waals surface area contributed by atoms with E-state index in [1.807, 2.05) is 0 Å². The monoisotopic (exact) mass is 212 g/mol. The smallest absolute Gasteiger partial charge is 0.0218 e. The van der Waals surface area contributed by atoms with Gasteiger partial charge in [-0.1, -0.05) is 19.8 Å². The summed E-state index contributed by atoms with van der Waals surface area (Å²) in [6.45, 7) is 7.00. The fourth-order valence-electron chi connectivity index (χ4n) is 2.70. The zero-order valence-electron chi connectivity index (χ0n) is 11.1. The Labute approximate surface area is 95.4 Å². The number of nitrogens with one attached hydrogen (secondary N) is 1. The molecular weight excluding hydrogens is 184 g/mol. The maximum absolute atomic E-state index is 3.35. The van der Waals surface area contributed by atoms with Gasteiger partial charge >= 0.3 is 0 Å². The summed E-state index contributed by atoms with van der Waals surface area (Å²) in [7, 11) is 4.35. The molecule has 0 heterocycles. The Morgan fingerprint density at radius 1 is 1.27 bits per heavy atom. The van der Waals surface area contributed by atoms with E-state index < -0.39 is 0 Å². The summed E-state index contributed by atoms with van der Waals surface area (Å²) in [6, 6.07) is 2.01. The third-order valence-electron chi connectivity index (χ3n) is 4.31. The highest BCUT2D eigenvalue weighted by molar-refractivity contribution is 4.83. The molecular formula is C13H28N2. The van der Waals surface area contributed by atoms with Crippen molar-refractivity contribution < 1.29 is 0 Å². The molecule has 1 aliphatic carbocycles. The number of likely N-dealkylation sites (N-methyl/N-ethyl adjacent to an activating group) is 2. The van der Waals surface area contributed by atoms with E-state index in [0.29, 0.717) is 12.1 Å². The second kappa shape index (κ2) is 5.86. The van der Waals surface area contributed by atoms with Crippen molar-refractivity contribution in [3.05, 3.63) is 0 Å². The topological polar surface area (TPSA) is 15.3 Å². The lowest BCUT2D eigenvalue weighted by molar-refractivity contribution is 0.109. The first-order valence-corrected chi connectivity index (χ1v) is 6.45. The predicted octanol–water partition coefficient (Wildman–Crippen LogP) is 2.49. The van der Waals surface area contributed by atoms with Crippen LogP contribution in [-0.4, -0.2) is 37.1 Å². The molecule has 0 spiro atoms. The molecule has 1 saturated carbocycles. The lowest BCUT2D eigenvalue weighted by atomic mass is 9.85. The molecule has 15 heavy (non-hydrogen) atoms. The van der Waals surface area contributed by atoms with Gasteiger partial charge in [0, 0.05) is 18.1 Å². The Morgan fingerprint density at radius 3 is 2.47 bits per heavy atom. The lowest BCUT2D eigenvalue weighted by Gasteiger charge is -2.39. The highest BCUT2D eigenvalue weighted by Gasteiger charge is 2.26. The largest absolute Gasteiger partial charge is 0.316 e. The van der Waals surface area contributed by atoms with Crippen molar-refractivity contribution >= 4 is 0 Å². The van der Waals surface area contributed by atoms with E-state index in [0.717, 1.165) is 12.0 Å². The van der Waals surface area contributed by atoms with Crippen molar-refractivity contribution in [3.8, 4) is 0 Å². The van der Waals surface area contributed by atoms with Crippen molar-refractivity contribution in [1.82, 2.24) is 10.2 Å². The van der Waals surface area contributed by atoms with Crippen LogP contribution < -0.4 is 5.32 Å². The van der Waals surface area contributed by atoms with Crippen LogP contribution in [0.25, 0.3) is 0 Å². The predicted molar refractivity (Wildman–Crippen MR) is 67.2 cm³/mol. The molecule has 0 aromatic rings. The van der Waals surface area contributed by atoms with Crippen molar-refractivity contribution in [2.45, 2.75) is 64.6 Å². The Balaban J connectivity index is 2.47. The third kappa shape index (κ3) is 3.46. The Morgan fingerprint density at radius 2 is 1.93 bits per heavy atom. The average Bonchev–Trinajstić information content (AvgIpc) is 2.26. The molecule has 0 bridgehead atoms.